The fourth-order valence-corrected chi connectivity index (χ4v) is 9.40. The van der Waals surface area contributed by atoms with Crippen LogP contribution in [0.2, 0.25) is 0 Å². The summed E-state index contributed by atoms with van der Waals surface area (Å²) in [6.07, 6.45) is 7.47. The summed E-state index contributed by atoms with van der Waals surface area (Å²) in [5.41, 5.74) is -2.45. The van der Waals surface area contributed by atoms with Gasteiger partial charge in [-0.2, -0.15) is 0 Å². The molecule has 1 saturated heterocycles. The zero-order valence-electron chi connectivity index (χ0n) is 29.3. The van der Waals surface area contributed by atoms with Crippen molar-refractivity contribution in [1.82, 2.24) is 0 Å². The van der Waals surface area contributed by atoms with E-state index in [1.807, 2.05) is 39.0 Å². The van der Waals surface area contributed by atoms with E-state index >= 15 is 0 Å². The van der Waals surface area contributed by atoms with Gasteiger partial charge in [0.05, 0.1) is 5.92 Å². The molecule has 11 nitrogen and oxygen atoms in total. The average molecular weight is 679 g/mol. The minimum absolute atomic E-state index is 0.000726. The smallest absolute Gasteiger partial charge is 0.346 e. The third kappa shape index (κ3) is 6.10. The topological polar surface area (TPSA) is 160 Å². The number of ketones is 1. The molecule has 11 heteroatoms. The number of Topliss-reactive ketones (excluding diaryl/α,β-unsaturated/α-hetero) is 1. The molecule has 4 aliphatic carbocycles. The summed E-state index contributed by atoms with van der Waals surface area (Å²) < 4.78 is 23.2. The molecule has 1 unspecified atom stereocenters. The van der Waals surface area contributed by atoms with Gasteiger partial charge in [-0.25, -0.2) is 4.79 Å². The Bertz CT molecular complexity index is 1630. The summed E-state index contributed by atoms with van der Waals surface area (Å²) in [6, 6.07) is 0. The standard InChI is InChI=1S/C38H46O11/c1-18-9-12-29(46-22(5)40)19(2)14-28-30(47-23(6)41)15-25(17-39)16-38(28)35(44)31(36(45)49-38)34(43)37(8)27(18)11-10-26-32(37)20(3)13-21(4)33(26)48-24(7)42/h9-11,14-15,17,20-21,26-30,32-33,43H,12-13,16H2,1-8H3/b18-9-,19-14+,34-31-/t20-,21-,26-,27-,28+,29-,30-,32+,33-,37+,38?/m0/s1. The highest BCUT2D eigenvalue weighted by Crippen LogP contribution is 2.60. The molecule has 5 rings (SSSR count). The average Bonchev–Trinajstić information content (AvgIpc) is 3.25. The fraction of sp³-hybridized carbons (Fsp3) is 0.579. The second-order valence-electron chi connectivity index (χ2n) is 14.7. The Morgan fingerprint density at radius 2 is 1.59 bits per heavy atom. The number of aliphatic hydroxyl groups is 1. The second kappa shape index (κ2) is 13.2. The van der Waals surface area contributed by atoms with Crippen molar-refractivity contribution >= 4 is 35.9 Å². The maximum atomic E-state index is 14.9. The number of carbonyl (C=O) groups is 6. The lowest BCUT2D eigenvalue weighted by Gasteiger charge is -2.56. The summed E-state index contributed by atoms with van der Waals surface area (Å²) in [6.45, 7) is 13.3. The van der Waals surface area contributed by atoms with Crippen molar-refractivity contribution in [3.05, 3.63) is 58.4 Å². The van der Waals surface area contributed by atoms with Gasteiger partial charge in [-0.05, 0) is 55.2 Å². The normalized spacial score (nSPS) is 42.4. The first kappa shape index (κ1) is 36.0. The molecular formula is C38H46O11. The molecule has 0 aromatic carbocycles. The number of aliphatic hydroxyl groups excluding tert-OH is 1. The molecule has 0 radical (unpaired) electrons. The monoisotopic (exact) mass is 678 g/mol. The molecule has 49 heavy (non-hydrogen) atoms. The first-order chi connectivity index (χ1) is 23.0. The highest BCUT2D eigenvalue weighted by atomic mass is 16.6. The van der Waals surface area contributed by atoms with Crippen LogP contribution in [0.3, 0.4) is 0 Å². The van der Waals surface area contributed by atoms with Crippen LogP contribution in [0.5, 0.6) is 0 Å². The van der Waals surface area contributed by atoms with Gasteiger partial charge in [0.25, 0.3) is 0 Å². The number of aldehydes is 1. The van der Waals surface area contributed by atoms with Gasteiger partial charge in [-0.1, -0.05) is 50.6 Å². The number of esters is 4. The van der Waals surface area contributed by atoms with E-state index < -0.39 is 88.1 Å². The predicted molar refractivity (Wildman–Crippen MR) is 175 cm³/mol. The van der Waals surface area contributed by atoms with Crippen molar-refractivity contribution < 1.29 is 52.8 Å². The molecule has 1 N–H and O–H groups in total. The third-order valence-corrected chi connectivity index (χ3v) is 11.3. The molecule has 1 aliphatic heterocycles. The van der Waals surface area contributed by atoms with Gasteiger partial charge >= 0.3 is 23.9 Å². The number of hydrogen-bond acceptors (Lipinski definition) is 11. The van der Waals surface area contributed by atoms with Gasteiger partial charge in [0, 0.05) is 50.9 Å². The number of ether oxygens (including phenoxy) is 4. The highest BCUT2D eigenvalue weighted by Gasteiger charge is 2.65. The van der Waals surface area contributed by atoms with Crippen LogP contribution in [0, 0.1) is 40.9 Å². The van der Waals surface area contributed by atoms with E-state index in [2.05, 4.69) is 6.92 Å². The zero-order valence-corrected chi connectivity index (χ0v) is 29.3. The minimum atomic E-state index is -2.05. The largest absolute Gasteiger partial charge is 0.511 e. The van der Waals surface area contributed by atoms with Crippen LogP contribution >= 0.6 is 0 Å². The Hall–Kier alpha value is -4.28. The van der Waals surface area contributed by atoms with Gasteiger partial charge in [-0.15, -0.1) is 0 Å². The van der Waals surface area contributed by atoms with Crippen molar-refractivity contribution in [3.63, 3.8) is 0 Å². The van der Waals surface area contributed by atoms with Crippen LogP contribution in [-0.4, -0.2) is 65.0 Å². The molecule has 2 fully saturated rings. The molecule has 1 heterocycles. The van der Waals surface area contributed by atoms with Crippen LogP contribution in [-0.2, 0) is 47.7 Å². The third-order valence-electron chi connectivity index (χ3n) is 11.3. The maximum Gasteiger partial charge on any atom is 0.346 e. The van der Waals surface area contributed by atoms with E-state index in [0.717, 1.165) is 5.57 Å². The Morgan fingerprint density at radius 1 is 0.939 bits per heavy atom. The van der Waals surface area contributed by atoms with Crippen molar-refractivity contribution in [2.24, 2.45) is 40.9 Å². The Morgan fingerprint density at radius 3 is 2.20 bits per heavy atom. The quantitative estimate of drug-likeness (QED) is 0.140. The van der Waals surface area contributed by atoms with Crippen LogP contribution < -0.4 is 0 Å². The lowest BCUT2D eigenvalue weighted by Crippen LogP contribution is -2.55. The number of carbonyl (C=O) groups excluding carboxylic acids is 6. The van der Waals surface area contributed by atoms with E-state index in [4.69, 9.17) is 18.9 Å². The van der Waals surface area contributed by atoms with E-state index in [0.29, 0.717) is 18.3 Å². The lowest BCUT2D eigenvalue weighted by atomic mass is 9.49. The van der Waals surface area contributed by atoms with E-state index in [9.17, 15) is 33.9 Å². The number of hydrogen-bond donors (Lipinski definition) is 1. The predicted octanol–water partition coefficient (Wildman–Crippen LogP) is 5.00. The maximum absolute atomic E-state index is 14.9. The summed E-state index contributed by atoms with van der Waals surface area (Å²) in [7, 11) is 0. The summed E-state index contributed by atoms with van der Waals surface area (Å²) in [5, 5.41) is 12.5. The van der Waals surface area contributed by atoms with Crippen molar-refractivity contribution in [3.8, 4) is 0 Å². The van der Waals surface area contributed by atoms with Crippen LogP contribution in [0.4, 0.5) is 0 Å². The number of allylic oxidation sites excluding steroid dienone is 3. The van der Waals surface area contributed by atoms with Crippen LogP contribution in [0.1, 0.15) is 74.7 Å². The molecular weight excluding hydrogens is 632 g/mol. The van der Waals surface area contributed by atoms with Crippen molar-refractivity contribution in [2.75, 3.05) is 0 Å². The molecule has 0 aromatic heterocycles. The minimum Gasteiger partial charge on any atom is -0.511 e. The highest BCUT2D eigenvalue weighted by molar-refractivity contribution is 6.26. The molecule has 1 saturated carbocycles. The number of rotatable bonds is 4. The zero-order chi connectivity index (χ0) is 36.2. The Balaban J connectivity index is 1.81. The van der Waals surface area contributed by atoms with Gasteiger partial charge in [-0.3, -0.25) is 24.0 Å². The first-order valence-electron chi connectivity index (χ1n) is 16.9. The van der Waals surface area contributed by atoms with Gasteiger partial charge in [0.1, 0.15) is 35.9 Å². The molecule has 5 aliphatic rings. The molecule has 1 spiro atoms. The summed E-state index contributed by atoms with van der Waals surface area (Å²) in [5.74, 6) is -6.45. The fourth-order valence-electron chi connectivity index (χ4n) is 9.40. The summed E-state index contributed by atoms with van der Waals surface area (Å²) in [4.78, 5) is 78.0. The molecule has 11 atom stereocenters. The van der Waals surface area contributed by atoms with Gasteiger partial charge in [0.15, 0.2) is 5.60 Å². The van der Waals surface area contributed by atoms with Gasteiger partial charge in [0.2, 0.25) is 5.78 Å². The summed E-state index contributed by atoms with van der Waals surface area (Å²) >= 11 is 0. The van der Waals surface area contributed by atoms with Crippen LogP contribution in [0.25, 0.3) is 0 Å². The van der Waals surface area contributed by atoms with E-state index in [1.54, 1.807) is 13.0 Å². The van der Waals surface area contributed by atoms with Crippen LogP contribution in [0.15, 0.2) is 58.4 Å². The second-order valence-corrected chi connectivity index (χ2v) is 14.7. The lowest BCUT2D eigenvalue weighted by molar-refractivity contribution is -0.165. The SMILES string of the molecule is CC(=O)O[C@@H]1[C@H]2C=C[C@H]3/C(C)=C\C[C@H](OC(C)=O)/C(C)=C/[C@@H]4[C@@H](OC(C)=O)C=C(C=O)CC45OC(=O)/C(=C(\O)[C@@]3(C)[C@@H]2[C@@H](C)C[C@@H]1C)C5=O. The molecule has 0 aromatic rings. The molecule has 264 valence electrons. The van der Waals surface area contributed by atoms with E-state index in [-0.39, 0.29) is 36.2 Å². The van der Waals surface area contributed by atoms with Gasteiger partial charge < -0.3 is 24.1 Å². The Kier molecular flexibility index (Phi) is 9.71. The Labute approximate surface area is 286 Å². The molecule has 2 bridgehead atoms. The van der Waals surface area contributed by atoms with E-state index in [1.165, 1.54) is 26.8 Å². The van der Waals surface area contributed by atoms with Crippen molar-refractivity contribution in [1.29, 1.82) is 0 Å². The molecule has 0 amide bonds. The number of fused-ring (bicyclic) bond motifs is 4. The van der Waals surface area contributed by atoms with Crippen molar-refractivity contribution in [2.45, 2.75) is 98.6 Å². The first-order valence-corrected chi connectivity index (χ1v) is 16.9.